The van der Waals surface area contributed by atoms with E-state index < -0.39 is 48.1 Å². The Balaban J connectivity index is 6.71. The molecule has 0 heterocycles. The summed E-state index contributed by atoms with van der Waals surface area (Å²) in [5.74, 6) is -32.6. The SMILES string of the molecule is O=S(=O)(C(Cl)(Cl)Cl)C(F)(F)C(F)(F)C(F)(F)C(F)(F)C(F)(F)C(F)(F)F. The van der Waals surface area contributed by atoms with Crippen molar-refractivity contribution in [2.24, 2.45) is 0 Å². The topological polar surface area (TPSA) is 34.1 Å². The van der Waals surface area contributed by atoms with E-state index in [2.05, 4.69) is 34.8 Å². The number of rotatable bonds is 5. The summed E-state index contributed by atoms with van der Waals surface area (Å²) in [5, 5.41) is -7.53. The van der Waals surface area contributed by atoms with Gasteiger partial charge in [-0.05, 0) is 0 Å². The molecule has 0 spiro atoms. The molecule has 158 valence electrons. The van der Waals surface area contributed by atoms with Crippen LogP contribution < -0.4 is 0 Å². The predicted octanol–water partition coefficient (Wildman–Crippen LogP) is 5.43. The van der Waals surface area contributed by atoms with Gasteiger partial charge in [0.1, 0.15) is 0 Å². The number of alkyl halides is 16. The van der Waals surface area contributed by atoms with Crippen LogP contribution in [0.15, 0.2) is 0 Å². The van der Waals surface area contributed by atoms with Gasteiger partial charge in [0.15, 0.2) is 0 Å². The maximum absolute atomic E-state index is 13.3. The minimum Gasteiger partial charge on any atom is -0.218 e. The molecule has 0 aliphatic rings. The third-order valence-corrected chi connectivity index (χ3v) is 5.92. The quantitative estimate of drug-likeness (QED) is 0.372. The van der Waals surface area contributed by atoms with Crippen molar-refractivity contribution >= 4 is 44.6 Å². The monoisotopic (exact) mass is 500 g/mol. The highest BCUT2D eigenvalue weighted by molar-refractivity contribution is 7.98. The average molecular weight is 501 g/mol. The van der Waals surface area contributed by atoms with E-state index in [1.54, 1.807) is 0 Å². The first kappa shape index (κ1) is 25.9. The fourth-order valence-electron chi connectivity index (χ4n) is 1.07. The van der Waals surface area contributed by atoms with Gasteiger partial charge in [-0.15, -0.1) is 0 Å². The van der Waals surface area contributed by atoms with Gasteiger partial charge in [-0.1, -0.05) is 34.8 Å². The lowest BCUT2D eigenvalue weighted by Gasteiger charge is -2.39. The lowest BCUT2D eigenvalue weighted by atomic mass is 9.98. The zero-order valence-corrected chi connectivity index (χ0v) is 13.9. The zero-order valence-electron chi connectivity index (χ0n) is 10.8. The first-order valence-corrected chi connectivity index (χ1v) is 7.63. The van der Waals surface area contributed by atoms with Crippen LogP contribution in [-0.2, 0) is 9.84 Å². The molecule has 2 nitrogen and oxygen atoms in total. The molecule has 0 fully saturated rings. The van der Waals surface area contributed by atoms with Crippen molar-refractivity contribution in [3.63, 3.8) is 0 Å². The maximum Gasteiger partial charge on any atom is 0.460 e. The van der Waals surface area contributed by atoms with E-state index in [0.29, 0.717) is 0 Å². The van der Waals surface area contributed by atoms with Crippen LogP contribution in [0.3, 0.4) is 0 Å². The molecule has 0 bridgehead atoms. The fourth-order valence-corrected chi connectivity index (χ4v) is 2.70. The lowest BCUT2D eigenvalue weighted by molar-refractivity contribution is -0.433. The van der Waals surface area contributed by atoms with Gasteiger partial charge in [0.2, 0.25) is 0 Å². The molecule has 26 heavy (non-hydrogen) atoms. The number of sulfone groups is 1. The molecule has 0 N–H and O–H groups in total. The van der Waals surface area contributed by atoms with Gasteiger partial charge in [0, 0.05) is 0 Å². The maximum atomic E-state index is 13.3. The fraction of sp³-hybridized carbons (Fsp3) is 1.00. The first-order valence-electron chi connectivity index (χ1n) is 5.02. The van der Waals surface area contributed by atoms with Crippen LogP contribution in [0.25, 0.3) is 0 Å². The van der Waals surface area contributed by atoms with Crippen molar-refractivity contribution in [3.05, 3.63) is 0 Å². The summed E-state index contributed by atoms with van der Waals surface area (Å²) in [7, 11) is -7.48. The molecular weight excluding hydrogens is 501 g/mol. The molecule has 0 aromatic heterocycles. The van der Waals surface area contributed by atoms with Gasteiger partial charge in [-0.3, -0.25) is 0 Å². The Morgan fingerprint density at radius 2 is 0.769 bits per heavy atom. The van der Waals surface area contributed by atoms with Gasteiger partial charge in [-0.25, -0.2) is 8.42 Å². The Labute approximate surface area is 149 Å². The average Bonchev–Trinajstić information content (AvgIpc) is 2.34. The number of hydrogen-bond donors (Lipinski definition) is 0. The highest BCUT2D eigenvalue weighted by Crippen LogP contribution is 2.62. The summed E-state index contributed by atoms with van der Waals surface area (Å²) >= 11 is 12.9. The van der Waals surface area contributed by atoms with Crippen LogP contribution in [0.4, 0.5) is 57.1 Å². The standard InChI is InChI=1S/C7Cl3F13O2S/c8-7(9,10)26(24,25)6(22,23)4(17,18)2(13,14)1(11,12)3(15,16)5(19,20)21. The Hall–Kier alpha value is -0.0900. The first-order chi connectivity index (χ1) is 10.8. The Morgan fingerprint density at radius 3 is 1.00 bits per heavy atom. The second-order valence-corrected chi connectivity index (χ2v) is 9.35. The highest BCUT2D eigenvalue weighted by atomic mass is 35.6. The highest BCUT2D eigenvalue weighted by Gasteiger charge is 2.93. The Morgan fingerprint density at radius 1 is 0.500 bits per heavy atom. The summed E-state index contributed by atoms with van der Waals surface area (Å²) in [6.45, 7) is 0. The lowest BCUT2D eigenvalue weighted by Crippen LogP contribution is -2.71. The molecule has 0 aromatic rings. The van der Waals surface area contributed by atoms with Gasteiger partial charge in [-0.2, -0.15) is 57.1 Å². The van der Waals surface area contributed by atoms with Crippen LogP contribution in [-0.4, -0.2) is 46.7 Å². The van der Waals surface area contributed by atoms with Crippen molar-refractivity contribution < 1.29 is 65.5 Å². The van der Waals surface area contributed by atoms with Gasteiger partial charge in [0.05, 0.1) is 0 Å². The molecular formula is C7Cl3F13O2S. The molecule has 0 saturated heterocycles. The van der Waals surface area contributed by atoms with E-state index >= 15 is 0 Å². The molecule has 0 amide bonds. The molecule has 0 radical (unpaired) electrons. The van der Waals surface area contributed by atoms with Gasteiger partial charge in [0.25, 0.3) is 13.0 Å². The Kier molecular flexibility index (Phi) is 6.18. The van der Waals surface area contributed by atoms with Crippen molar-refractivity contribution in [1.29, 1.82) is 0 Å². The molecule has 19 heteroatoms. The van der Waals surface area contributed by atoms with E-state index in [9.17, 15) is 65.5 Å². The zero-order chi connectivity index (χ0) is 22.0. The van der Waals surface area contributed by atoms with E-state index in [-0.39, 0.29) is 0 Å². The summed E-state index contributed by atoms with van der Waals surface area (Å²) < 4.78 is 182. The smallest absolute Gasteiger partial charge is 0.218 e. The van der Waals surface area contributed by atoms with Crippen LogP contribution in [0.1, 0.15) is 0 Å². The van der Waals surface area contributed by atoms with Gasteiger partial charge >= 0.3 is 35.1 Å². The van der Waals surface area contributed by atoms with Crippen molar-refractivity contribution in [2.75, 3.05) is 0 Å². The predicted molar refractivity (Wildman–Crippen MR) is 60.0 cm³/mol. The molecule has 0 unspecified atom stereocenters. The normalized spacial score (nSPS) is 16.8. The summed E-state index contributed by atoms with van der Waals surface area (Å²) in [5.41, 5.74) is 0. The van der Waals surface area contributed by atoms with E-state index in [1.807, 2.05) is 0 Å². The third kappa shape index (κ3) is 3.17. The third-order valence-electron chi connectivity index (χ3n) is 2.55. The molecule has 0 aromatic carbocycles. The van der Waals surface area contributed by atoms with Crippen molar-refractivity contribution in [1.82, 2.24) is 0 Å². The van der Waals surface area contributed by atoms with Crippen molar-refractivity contribution in [3.8, 4) is 0 Å². The largest absolute Gasteiger partial charge is 0.460 e. The minimum atomic E-state index is -8.30. The molecule has 0 rings (SSSR count). The van der Waals surface area contributed by atoms with E-state index in [4.69, 9.17) is 0 Å². The summed E-state index contributed by atoms with van der Waals surface area (Å²) in [4.78, 5) is 0. The van der Waals surface area contributed by atoms with Crippen LogP contribution >= 0.6 is 34.8 Å². The molecule has 0 aliphatic carbocycles. The van der Waals surface area contributed by atoms with Crippen LogP contribution in [0.2, 0.25) is 0 Å². The van der Waals surface area contributed by atoms with Crippen LogP contribution in [0.5, 0.6) is 0 Å². The number of halogens is 16. The Bertz CT molecular complexity index is 648. The second-order valence-electron chi connectivity index (χ2n) is 4.26. The summed E-state index contributed by atoms with van der Waals surface area (Å²) in [6.07, 6.45) is -7.63. The molecule has 0 saturated carbocycles. The second kappa shape index (κ2) is 6.20. The van der Waals surface area contributed by atoms with Gasteiger partial charge < -0.3 is 0 Å². The van der Waals surface area contributed by atoms with E-state index in [1.165, 1.54) is 0 Å². The van der Waals surface area contributed by atoms with Crippen LogP contribution in [0, 0.1) is 0 Å². The van der Waals surface area contributed by atoms with E-state index in [0.717, 1.165) is 0 Å². The van der Waals surface area contributed by atoms with Crippen molar-refractivity contribution in [2.45, 2.75) is 38.2 Å². The minimum absolute atomic E-state index is 4.31. The molecule has 0 atom stereocenters. The summed E-state index contributed by atoms with van der Waals surface area (Å²) in [6, 6.07) is 0. The molecule has 0 aliphatic heterocycles. The number of hydrogen-bond acceptors (Lipinski definition) is 2.